The average Bonchev–Trinajstić information content (AvgIpc) is 2.85. The van der Waals surface area contributed by atoms with Crippen molar-refractivity contribution in [3.63, 3.8) is 0 Å². The van der Waals surface area contributed by atoms with Crippen molar-refractivity contribution >= 4 is 11.3 Å². The van der Waals surface area contributed by atoms with Gasteiger partial charge in [-0.15, -0.1) is 0 Å². The van der Waals surface area contributed by atoms with Gasteiger partial charge in [0.2, 0.25) is 0 Å². The van der Waals surface area contributed by atoms with Crippen LogP contribution in [0.3, 0.4) is 0 Å². The number of thiophene rings is 1. The molecule has 0 aliphatic rings. The van der Waals surface area contributed by atoms with Crippen molar-refractivity contribution in [2.75, 3.05) is 0 Å². The molecule has 2 rings (SSSR count). The zero-order valence-corrected chi connectivity index (χ0v) is 9.54. The molecule has 0 aliphatic carbocycles. The van der Waals surface area contributed by atoms with Gasteiger partial charge >= 0.3 is 0 Å². The molecule has 4 nitrogen and oxygen atoms in total. The van der Waals surface area contributed by atoms with E-state index < -0.39 is 0 Å². The molecule has 0 bridgehead atoms. The maximum atomic E-state index is 5.15. The second kappa shape index (κ2) is 4.55. The molecule has 2 heterocycles. The summed E-state index contributed by atoms with van der Waals surface area (Å²) in [6.45, 7) is 4.81. The fraction of sp³-hybridized carbons (Fsp3) is 0.400. The van der Waals surface area contributed by atoms with Gasteiger partial charge in [0.25, 0.3) is 5.89 Å². The molecule has 0 aromatic carbocycles. The van der Waals surface area contributed by atoms with Crippen LogP contribution in [0.15, 0.2) is 21.3 Å². The van der Waals surface area contributed by atoms with Crippen LogP contribution in [0, 0.1) is 0 Å². The third-order valence-corrected chi connectivity index (χ3v) is 2.59. The van der Waals surface area contributed by atoms with E-state index in [0.717, 1.165) is 5.56 Å². The topological polar surface area (TPSA) is 51.0 Å². The predicted molar refractivity (Wildman–Crippen MR) is 59.6 cm³/mol. The van der Waals surface area contributed by atoms with Crippen molar-refractivity contribution in [3.8, 4) is 11.5 Å². The lowest BCUT2D eigenvalue weighted by Gasteiger charge is -2.02. The Bertz CT molecular complexity index is 408. The lowest BCUT2D eigenvalue weighted by atomic mass is 10.3. The average molecular weight is 223 g/mol. The summed E-state index contributed by atoms with van der Waals surface area (Å²) in [6.07, 6.45) is 0. The van der Waals surface area contributed by atoms with Gasteiger partial charge in [0.05, 0.1) is 12.1 Å². The van der Waals surface area contributed by atoms with Gasteiger partial charge in [-0.1, -0.05) is 19.0 Å². The van der Waals surface area contributed by atoms with Crippen LogP contribution in [0.1, 0.15) is 19.7 Å². The SMILES string of the molecule is CC(C)NCc1noc(-c2ccsc2)n1. The van der Waals surface area contributed by atoms with Crippen LogP contribution in [-0.4, -0.2) is 16.2 Å². The number of aromatic nitrogens is 2. The van der Waals surface area contributed by atoms with Crippen molar-refractivity contribution in [2.45, 2.75) is 26.4 Å². The molecule has 80 valence electrons. The molecule has 0 radical (unpaired) electrons. The van der Waals surface area contributed by atoms with Crippen molar-refractivity contribution in [1.29, 1.82) is 0 Å². The predicted octanol–water partition coefficient (Wildman–Crippen LogP) is 2.30. The van der Waals surface area contributed by atoms with Gasteiger partial charge in [0.15, 0.2) is 5.82 Å². The Morgan fingerprint density at radius 1 is 1.53 bits per heavy atom. The summed E-state index contributed by atoms with van der Waals surface area (Å²) in [5.74, 6) is 1.29. The Morgan fingerprint density at radius 2 is 2.40 bits per heavy atom. The third-order valence-electron chi connectivity index (χ3n) is 1.90. The highest BCUT2D eigenvalue weighted by molar-refractivity contribution is 7.08. The second-order valence-corrected chi connectivity index (χ2v) is 4.34. The summed E-state index contributed by atoms with van der Waals surface area (Å²) in [5.41, 5.74) is 0.989. The molecule has 0 saturated heterocycles. The lowest BCUT2D eigenvalue weighted by Crippen LogP contribution is -2.22. The Kier molecular flexibility index (Phi) is 3.13. The molecular weight excluding hydrogens is 210 g/mol. The molecule has 2 aromatic rings. The summed E-state index contributed by atoms with van der Waals surface area (Å²) in [7, 11) is 0. The number of nitrogens with zero attached hydrogens (tertiary/aromatic N) is 2. The quantitative estimate of drug-likeness (QED) is 0.864. The molecule has 0 spiro atoms. The molecule has 0 amide bonds. The molecule has 0 unspecified atom stereocenters. The van der Waals surface area contributed by atoms with Crippen LogP contribution in [0.2, 0.25) is 0 Å². The summed E-state index contributed by atoms with van der Waals surface area (Å²) in [4.78, 5) is 4.29. The van der Waals surface area contributed by atoms with E-state index in [1.54, 1.807) is 11.3 Å². The zero-order chi connectivity index (χ0) is 10.7. The third kappa shape index (κ3) is 2.64. The normalized spacial score (nSPS) is 11.1. The van der Waals surface area contributed by atoms with Gasteiger partial charge in [-0.05, 0) is 11.4 Å². The van der Waals surface area contributed by atoms with Crippen LogP contribution in [0.4, 0.5) is 0 Å². The van der Waals surface area contributed by atoms with E-state index >= 15 is 0 Å². The maximum Gasteiger partial charge on any atom is 0.258 e. The molecule has 15 heavy (non-hydrogen) atoms. The fourth-order valence-electron chi connectivity index (χ4n) is 1.12. The first-order valence-corrected chi connectivity index (χ1v) is 5.78. The van der Waals surface area contributed by atoms with Gasteiger partial charge in [-0.3, -0.25) is 0 Å². The van der Waals surface area contributed by atoms with Crippen LogP contribution < -0.4 is 5.32 Å². The zero-order valence-electron chi connectivity index (χ0n) is 8.73. The smallest absolute Gasteiger partial charge is 0.258 e. The lowest BCUT2D eigenvalue weighted by molar-refractivity contribution is 0.417. The van der Waals surface area contributed by atoms with Crippen LogP contribution >= 0.6 is 11.3 Å². The summed E-state index contributed by atoms with van der Waals surface area (Å²) in [5, 5.41) is 11.1. The van der Waals surface area contributed by atoms with Gasteiger partial charge in [0, 0.05) is 11.4 Å². The van der Waals surface area contributed by atoms with Gasteiger partial charge in [-0.2, -0.15) is 16.3 Å². The standard InChI is InChI=1S/C10H13N3OS/c1-7(2)11-5-9-12-10(14-13-9)8-3-4-15-6-8/h3-4,6-7,11H,5H2,1-2H3. The molecule has 1 N–H and O–H groups in total. The Labute approximate surface area is 92.3 Å². The highest BCUT2D eigenvalue weighted by atomic mass is 32.1. The molecule has 2 aromatic heterocycles. The molecule has 0 aliphatic heterocycles. The molecule has 0 fully saturated rings. The van der Waals surface area contributed by atoms with Crippen molar-refractivity contribution in [3.05, 3.63) is 22.7 Å². The van der Waals surface area contributed by atoms with E-state index in [2.05, 4.69) is 29.3 Å². The fourth-order valence-corrected chi connectivity index (χ4v) is 1.75. The van der Waals surface area contributed by atoms with Crippen LogP contribution in [0.5, 0.6) is 0 Å². The first kappa shape index (κ1) is 10.3. The van der Waals surface area contributed by atoms with Crippen LogP contribution in [-0.2, 0) is 6.54 Å². The highest BCUT2D eigenvalue weighted by Gasteiger charge is 2.08. The highest BCUT2D eigenvalue weighted by Crippen LogP contribution is 2.19. The largest absolute Gasteiger partial charge is 0.334 e. The number of nitrogens with one attached hydrogen (secondary N) is 1. The number of rotatable bonds is 4. The molecule has 0 atom stereocenters. The van der Waals surface area contributed by atoms with E-state index in [4.69, 9.17) is 4.52 Å². The molecule has 0 saturated carbocycles. The monoisotopic (exact) mass is 223 g/mol. The van der Waals surface area contributed by atoms with Crippen molar-refractivity contribution in [2.24, 2.45) is 0 Å². The van der Waals surface area contributed by atoms with E-state index in [0.29, 0.717) is 24.3 Å². The van der Waals surface area contributed by atoms with Gasteiger partial charge < -0.3 is 9.84 Å². The minimum absolute atomic E-state index is 0.424. The minimum Gasteiger partial charge on any atom is -0.334 e. The number of hydrogen-bond donors (Lipinski definition) is 1. The second-order valence-electron chi connectivity index (χ2n) is 3.56. The molecule has 5 heteroatoms. The van der Waals surface area contributed by atoms with E-state index in [-0.39, 0.29) is 0 Å². The Morgan fingerprint density at radius 3 is 3.07 bits per heavy atom. The molecular formula is C10H13N3OS. The van der Waals surface area contributed by atoms with Gasteiger partial charge in [0.1, 0.15) is 0 Å². The van der Waals surface area contributed by atoms with Crippen molar-refractivity contribution < 1.29 is 4.52 Å². The van der Waals surface area contributed by atoms with E-state index in [9.17, 15) is 0 Å². The Balaban J connectivity index is 2.04. The van der Waals surface area contributed by atoms with E-state index in [1.807, 2.05) is 16.8 Å². The summed E-state index contributed by atoms with van der Waals surface area (Å²) >= 11 is 1.62. The minimum atomic E-state index is 0.424. The summed E-state index contributed by atoms with van der Waals surface area (Å²) < 4.78 is 5.15. The maximum absolute atomic E-state index is 5.15. The summed E-state index contributed by atoms with van der Waals surface area (Å²) in [6, 6.07) is 2.39. The first-order chi connectivity index (χ1) is 7.25. The van der Waals surface area contributed by atoms with Gasteiger partial charge in [-0.25, -0.2) is 0 Å². The van der Waals surface area contributed by atoms with Crippen molar-refractivity contribution in [1.82, 2.24) is 15.5 Å². The first-order valence-electron chi connectivity index (χ1n) is 4.84. The van der Waals surface area contributed by atoms with E-state index in [1.165, 1.54) is 0 Å². The number of hydrogen-bond acceptors (Lipinski definition) is 5. The van der Waals surface area contributed by atoms with Crippen LogP contribution in [0.25, 0.3) is 11.5 Å². The Hall–Kier alpha value is -1.20.